The molecule has 1 aliphatic rings. The van der Waals surface area contributed by atoms with Crippen LogP contribution >= 0.6 is 0 Å². The first-order valence-corrected chi connectivity index (χ1v) is 5.15. The van der Waals surface area contributed by atoms with Crippen molar-refractivity contribution in [2.75, 3.05) is 26.3 Å². The van der Waals surface area contributed by atoms with Gasteiger partial charge in [-0.2, -0.15) is 0 Å². The van der Waals surface area contributed by atoms with E-state index in [2.05, 4.69) is 29.9 Å². The Labute approximate surface area is 80.7 Å². The number of carbonyl (C=O) groups excluding carboxylic acids is 1. The lowest BCUT2D eigenvalue weighted by molar-refractivity contribution is 0.150. The number of hydrogen-bond acceptors (Lipinski definition) is 3. The van der Waals surface area contributed by atoms with E-state index in [0.717, 1.165) is 39.1 Å². The zero-order valence-electron chi connectivity index (χ0n) is 8.62. The topological polar surface area (TPSA) is 23.6 Å². The van der Waals surface area contributed by atoms with Crippen LogP contribution in [0.25, 0.3) is 0 Å². The highest BCUT2D eigenvalue weighted by Crippen LogP contribution is 2.15. The minimum absolute atomic E-state index is 0.0561. The molecule has 0 bridgehead atoms. The molecule has 1 unspecified atom stereocenters. The summed E-state index contributed by atoms with van der Waals surface area (Å²) in [5, 5.41) is 0. The maximum Gasteiger partial charge on any atom is 0.217 e. The van der Waals surface area contributed by atoms with Crippen LogP contribution in [0.15, 0.2) is 0 Å². The number of rotatable bonds is 5. The van der Waals surface area contributed by atoms with Crippen molar-refractivity contribution < 1.29 is 4.79 Å². The first-order valence-electron chi connectivity index (χ1n) is 5.15. The van der Waals surface area contributed by atoms with E-state index in [0.29, 0.717) is 0 Å². The highest BCUT2D eigenvalue weighted by atomic mass is 16.1. The Balaban J connectivity index is 2.37. The Kier molecular flexibility index (Phi) is 4.39. The van der Waals surface area contributed by atoms with Crippen LogP contribution in [-0.4, -0.2) is 48.4 Å². The SMILES string of the molecule is CCN(CC)CN1CCCC1[C]=O. The van der Waals surface area contributed by atoms with Gasteiger partial charge in [0.2, 0.25) is 6.29 Å². The fraction of sp³-hybridized carbons (Fsp3) is 0.900. The lowest BCUT2D eigenvalue weighted by atomic mass is 10.2. The number of likely N-dealkylation sites (tertiary alicyclic amines) is 1. The van der Waals surface area contributed by atoms with Crippen molar-refractivity contribution in [2.24, 2.45) is 0 Å². The first kappa shape index (κ1) is 10.7. The number of hydrogen-bond donors (Lipinski definition) is 0. The lowest BCUT2D eigenvalue weighted by Crippen LogP contribution is -2.41. The van der Waals surface area contributed by atoms with Crippen LogP contribution in [0, 0.1) is 0 Å². The average Bonchev–Trinajstić information content (AvgIpc) is 2.61. The summed E-state index contributed by atoms with van der Waals surface area (Å²) < 4.78 is 0. The normalized spacial score (nSPS) is 24.1. The molecule has 0 aromatic heterocycles. The van der Waals surface area contributed by atoms with E-state index in [-0.39, 0.29) is 6.04 Å². The second-order valence-electron chi connectivity index (χ2n) is 3.53. The molecule has 0 amide bonds. The van der Waals surface area contributed by atoms with Crippen molar-refractivity contribution in [3.63, 3.8) is 0 Å². The third kappa shape index (κ3) is 2.78. The van der Waals surface area contributed by atoms with E-state index in [9.17, 15) is 4.79 Å². The van der Waals surface area contributed by atoms with Crippen molar-refractivity contribution >= 4 is 6.29 Å². The molecule has 0 aromatic rings. The molecule has 0 saturated carbocycles. The van der Waals surface area contributed by atoms with Gasteiger partial charge in [0.05, 0.1) is 12.7 Å². The van der Waals surface area contributed by atoms with Crippen LogP contribution in [-0.2, 0) is 4.79 Å². The van der Waals surface area contributed by atoms with E-state index < -0.39 is 0 Å². The zero-order valence-corrected chi connectivity index (χ0v) is 8.62. The Morgan fingerprint density at radius 1 is 1.46 bits per heavy atom. The quantitative estimate of drug-likeness (QED) is 0.631. The standard InChI is InChI=1S/C10H19N2O/c1-3-11(4-2)9-12-7-5-6-10(12)8-13/h10H,3-7,9H2,1-2H3. The van der Waals surface area contributed by atoms with Gasteiger partial charge in [0.25, 0.3) is 0 Å². The molecule has 1 atom stereocenters. The van der Waals surface area contributed by atoms with Gasteiger partial charge in [0, 0.05) is 6.54 Å². The lowest BCUT2D eigenvalue weighted by Gasteiger charge is -2.27. The average molecular weight is 183 g/mol. The highest BCUT2D eigenvalue weighted by Gasteiger charge is 2.25. The van der Waals surface area contributed by atoms with Crippen molar-refractivity contribution in [1.82, 2.24) is 9.80 Å². The highest BCUT2D eigenvalue weighted by molar-refractivity contribution is 5.58. The van der Waals surface area contributed by atoms with Gasteiger partial charge in [0.1, 0.15) is 0 Å². The maximum absolute atomic E-state index is 10.6. The molecule has 1 aliphatic heterocycles. The van der Waals surface area contributed by atoms with Gasteiger partial charge in [-0.1, -0.05) is 13.8 Å². The van der Waals surface area contributed by atoms with Gasteiger partial charge in [-0.15, -0.1) is 0 Å². The Bertz CT molecular complexity index is 157. The number of nitrogens with zero attached hydrogens (tertiary/aromatic N) is 2. The van der Waals surface area contributed by atoms with E-state index in [1.54, 1.807) is 0 Å². The second-order valence-corrected chi connectivity index (χ2v) is 3.53. The Hall–Kier alpha value is -0.410. The fourth-order valence-corrected chi connectivity index (χ4v) is 1.81. The minimum Gasteiger partial charge on any atom is -0.291 e. The van der Waals surface area contributed by atoms with Crippen LogP contribution in [0.3, 0.4) is 0 Å². The summed E-state index contributed by atoms with van der Waals surface area (Å²) in [4.78, 5) is 15.1. The van der Waals surface area contributed by atoms with Gasteiger partial charge in [-0.3, -0.25) is 14.6 Å². The fourth-order valence-electron chi connectivity index (χ4n) is 1.81. The van der Waals surface area contributed by atoms with Crippen molar-refractivity contribution in [1.29, 1.82) is 0 Å². The molecule has 0 N–H and O–H groups in total. The molecule has 1 rings (SSSR count). The summed E-state index contributed by atoms with van der Waals surface area (Å²) in [6.07, 6.45) is 4.25. The van der Waals surface area contributed by atoms with Crippen molar-refractivity contribution in [3.8, 4) is 0 Å². The molecule has 3 heteroatoms. The summed E-state index contributed by atoms with van der Waals surface area (Å²) in [6, 6.07) is 0.0561. The van der Waals surface area contributed by atoms with Gasteiger partial charge >= 0.3 is 0 Å². The van der Waals surface area contributed by atoms with E-state index in [1.807, 2.05) is 0 Å². The summed E-state index contributed by atoms with van der Waals surface area (Å²) >= 11 is 0. The van der Waals surface area contributed by atoms with Crippen LogP contribution < -0.4 is 0 Å². The molecule has 1 radical (unpaired) electrons. The summed E-state index contributed by atoms with van der Waals surface area (Å²) in [7, 11) is 0. The van der Waals surface area contributed by atoms with E-state index >= 15 is 0 Å². The summed E-state index contributed by atoms with van der Waals surface area (Å²) in [5.41, 5.74) is 0. The van der Waals surface area contributed by atoms with Gasteiger partial charge in [-0.05, 0) is 25.9 Å². The molecule has 75 valence electrons. The molecule has 0 aliphatic carbocycles. The maximum atomic E-state index is 10.6. The molecule has 1 fully saturated rings. The van der Waals surface area contributed by atoms with Gasteiger partial charge < -0.3 is 0 Å². The molecule has 0 aromatic carbocycles. The molecule has 1 heterocycles. The predicted molar refractivity (Wildman–Crippen MR) is 53.2 cm³/mol. The largest absolute Gasteiger partial charge is 0.291 e. The van der Waals surface area contributed by atoms with Crippen molar-refractivity contribution in [2.45, 2.75) is 32.7 Å². The Morgan fingerprint density at radius 3 is 2.69 bits per heavy atom. The third-order valence-electron chi connectivity index (χ3n) is 2.78. The van der Waals surface area contributed by atoms with Gasteiger partial charge in [-0.25, -0.2) is 0 Å². The third-order valence-corrected chi connectivity index (χ3v) is 2.78. The summed E-state index contributed by atoms with van der Waals surface area (Å²) in [5.74, 6) is 0. The molecule has 0 spiro atoms. The zero-order chi connectivity index (χ0) is 9.68. The molecular formula is C10H19N2O. The Morgan fingerprint density at radius 2 is 2.15 bits per heavy atom. The molecule has 1 saturated heterocycles. The second kappa shape index (κ2) is 5.35. The molecule has 13 heavy (non-hydrogen) atoms. The molecule has 3 nitrogen and oxygen atoms in total. The van der Waals surface area contributed by atoms with Crippen LogP contribution in [0.4, 0.5) is 0 Å². The van der Waals surface area contributed by atoms with Crippen LogP contribution in [0.1, 0.15) is 26.7 Å². The minimum atomic E-state index is 0.0561. The monoisotopic (exact) mass is 183 g/mol. The predicted octanol–water partition coefficient (Wildman–Crippen LogP) is 0.860. The van der Waals surface area contributed by atoms with Gasteiger partial charge in [0.15, 0.2) is 0 Å². The van der Waals surface area contributed by atoms with Crippen molar-refractivity contribution in [3.05, 3.63) is 0 Å². The van der Waals surface area contributed by atoms with E-state index in [1.165, 1.54) is 0 Å². The van der Waals surface area contributed by atoms with Crippen LogP contribution in [0.2, 0.25) is 0 Å². The first-order chi connectivity index (χ1) is 6.31. The van der Waals surface area contributed by atoms with E-state index in [4.69, 9.17) is 0 Å². The van der Waals surface area contributed by atoms with Crippen LogP contribution in [0.5, 0.6) is 0 Å². The molecular weight excluding hydrogens is 164 g/mol. The summed E-state index contributed by atoms with van der Waals surface area (Å²) in [6.45, 7) is 8.39. The smallest absolute Gasteiger partial charge is 0.217 e.